The van der Waals surface area contributed by atoms with Crippen molar-refractivity contribution < 1.29 is 9.21 Å². The molecule has 4 heterocycles. The molecule has 1 saturated carbocycles. The number of benzene rings is 1. The maximum atomic E-state index is 12.3. The summed E-state index contributed by atoms with van der Waals surface area (Å²) in [7, 11) is 6.05. The van der Waals surface area contributed by atoms with E-state index in [-0.39, 0.29) is 11.8 Å². The van der Waals surface area contributed by atoms with Crippen LogP contribution in [0.25, 0.3) is 33.3 Å². The van der Waals surface area contributed by atoms with Crippen molar-refractivity contribution in [3.8, 4) is 11.5 Å². The summed E-state index contributed by atoms with van der Waals surface area (Å²) >= 11 is 0. The standard InChI is InChI=1S/C25H27N7O2/c1-26-23-18-10-27-22(30-24(33)14-4-5-14)9-17(18)19(11-28-23)25-29-20-8-15(6-7-21(20)34-25)32-12-16(13-32)31(2)3/h6-11,14,16H,4-5,12-13H2,1-3H3,(H,26,28)(H,27,30,33). The van der Waals surface area contributed by atoms with Crippen LogP contribution in [0.15, 0.2) is 41.1 Å². The van der Waals surface area contributed by atoms with Gasteiger partial charge in [-0.05, 0) is 51.2 Å². The molecule has 9 heteroatoms. The lowest BCUT2D eigenvalue weighted by molar-refractivity contribution is -0.117. The molecule has 1 amide bonds. The van der Waals surface area contributed by atoms with Gasteiger partial charge in [-0.3, -0.25) is 4.79 Å². The maximum Gasteiger partial charge on any atom is 0.229 e. The minimum Gasteiger partial charge on any atom is -0.436 e. The molecule has 2 N–H and O–H groups in total. The molecule has 174 valence electrons. The number of likely N-dealkylation sites (N-methyl/N-ethyl adjacent to an activating group) is 1. The maximum absolute atomic E-state index is 12.3. The first-order chi connectivity index (χ1) is 16.5. The van der Waals surface area contributed by atoms with Gasteiger partial charge in [0.1, 0.15) is 17.2 Å². The average molecular weight is 458 g/mol. The number of rotatable bonds is 6. The van der Waals surface area contributed by atoms with Crippen molar-refractivity contribution >= 4 is 45.1 Å². The molecule has 2 fully saturated rings. The predicted molar refractivity (Wildman–Crippen MR) is 133 cm³/mol. The van der Waals surface area contributed by atoms with Crippen LogP contribution in [-0.2, 0) is 4.79 Å². The Labute approximate surface area is 197 Å². The molecule has 6 rings (SSSR count). The normalized spacial score (nSPS) is 16.3. The van der Waals surface area contributed by atoms with E-state index in [0.717, 1.165) is 59.1 Å². The first-order valence-corrected chi connectivity index (χ1v) is 11.6. The quantitative estimate of drug-likeness (QED) is 0.453. The van der Waals surface area contributed by atoms with Crippen LogP contribution in [0.4, 0.5) is 17.3 Å². The summed E-state index contributed by atoms with van der Waals surface area (Å²) < 4.78 is 6.14. The van der Waals surface area contributed by atoms with Gasteiger partial charge in [0.15, 0.2) is 5.58 Å². The average Bonchev–Trinajstić information content (AvgIpc) is 3.56. The molecule has 0 spiro atoms. The van der Waals surface area contributed by atoms with E-state index in [1.165, 1.54) is 0 Å². The number of aromatic nitrogens is 3. The number of carbonyl (C=O) groups excluding carboxylic acids is 1. The van der Waals surface area contributed by atoms with Crippen LogP contribution in [-0.4, -0.2) is 66.0 Å². The Morgan fingerprint density at radius 1 is 1.12 bits per heavy atom. The fourth-order valence-electron chi connectivity index (χ4n) is 4.37. The number of nitrogens with zero attached hydrogens (tertiary/aromatic N) is 5. The molecule has 1 aromatic carbocycles. The predicted octanol–water partition coefficient (Wildman–Crippen LogP) is 3.58. The van der Waals surface area contributed by atoms with E-state index in [9.17, 15) is 4.79 Å². The largest absolute Gasteiger partial charge is 0.436 e. The van der Waals surface area contributed by atoms with Crippen LogP contribution in [0, 0.1) is 5.92 Å². The number of carbonyl (C=O) groups is 1. The number of hydrogen-bond donors (Lipinski definition) is 2. The van der Waals surface area contributed by atoms with Crippen molar-refractivity contribution in [2.45, 2.75) is 18.9 Å². The molecule has 2 aliphatic rings. The van der Waals surface area contributed by atoms with E-state index in [0.29, 0.717) is 23.6 Å². The highest BCUT2D eigenvalue weighted by Crippen LogP contribution is 2.36. The lowest BCUT2D eigenvalue weighted by Crippen LogP contribution is -2.57. The van der Waals surface area contributed by atoms with Crippen molar-refractivity contribution in [2.24, 2.45) is 5.92 Å². The van der Waals surface area contributed by atoms with E-state index in [2.05, 4.69) is 56.6 Å². The molecule has 34 heavy (non-hydrogen) atoms. The van der Waals surface area contributed by atoms with Crippen LogP contribution < -0.4 is 15.5 Å². The molecule has 0 bridgehead atoms. The summed E-state index contributed by atoms with van der Waals surface area (Å²) in [6, 6.07) is 8.59. The van der Waals surface area contributed by atoms with Gasteiger partial charge in [0, 0.05) is 61.0 Å². The molecule has 0 atom stereocenters. The van der Waals surface area contributed by atoms with Crippen molar-refractivity contribution in [3.63, 3.8) is 0 Å². The van der Waals surface area contributed by atoms with Crippen LogP contribution in [0.3, 0.4) is 0 Å². The lowest BCUT2D eigenvalue weighted by atomic mass is 10.1. The molecule has 0 radical (unpaired) electrons. The zero-order valence-electron chi connectivity index (χ0n) is 19.5. The number of fused-ring (bicyclic) bond motifs is 2. The fourth-order valence-corrected chi connectivity index (χ4v) is 4.37. The molecule has 9 nitrogen and oxygen atoms in total. The van der Waals surface area contributed by atoms with Gasteiger partial charge >= 0.3 is 0 Å². The molecule has 4 aromatic rings. The van der Waals surface area contributed by atoms with Crippen molar-refractivity contribution in [3.05, 3.63) is 36.7 Å². The summed E-state index contributed by atoms with van der Waals surface area (Å²) in [5.41, 5.74) is 3.44. The topological polar surface area (TPSA) is 99.4 Å². The van der Waals surface area contributed by atoms with Crippen molar-refractivity contribution in [1.29, 1.82) is 0 Å². The van der Waals surface area contributed by atoms with Gasteiger partial charge in [-0.15, -0.1) is 0 Å². The Bertz CT molecular complexity index is 1400. The monoisotopic (exact) mass is 457 g/mol. The van der Waals surface area contributed by atoms with Gasteiger partial charge < -0.3 is 24.9 Å². The zero-order valence-corrected chi connectivity index (χ0v) is 19.5. The highest BCUT2D eigenvalue weighted by molar-refractivity contribution is 6.03. The molecular weight excluding hydrogens is 430 g/mol. The minimum absolute atomic E-state index is 0.0215. The lowest BCUT2D eigenvalue weighted by Gasteiger charge is -2.44. The number of oxazole rings is 1. The third kappa shape index (κ3) is 3.62. The number of amides is 1. The summed E-state index contributed by atoms with van der Waals surface area (Å²) in [5, 5.41) is 7.74. The van der Waals surface area contributed by atoms with Crippen molar-refractivity contribution in [2.75, 3.05) is 49.8 Å². The number of anilines is 3. The Kier molecular flexibility index (Phi) is 4.88. The smallest absolute Gasteiger partial charge is 0.229 e. The second-order valence-corrected chi connectivity index (χ2v) is 9.34. The highest BCUT2D eigenvalue weighted by Gasteiger charge is 2.30. The zero-order chi connectivity index (χ0) is 23.4. The minimum atomic E-state index is 0.0215. The van der Waals surface area contributed by atoms with Gasteiger partial charge in [-0.25, -0.2) is 15.0 Å². The first kappa shape index (κ1) is 20.9. The van der Waals surface area contributed by atoms with Crippen LogP contribution in [0.5, 0.6) is 0 Å². The van der Waals surface area contributed by atoms with E-state index >= 15 is 0 Å². The first-order valence-electron chi connectivity index (χ1n) is 11.6. The molecule has 1 aliphatic heterocycles. The molecule has 1 saturated heterocycles. The summed E-state index contributed by atoms with van der Waals surface area (Å²) in [6.07, 6.45) is 5.36. The second kappa shape index (κ2) is 7.95. The van der Waals surface area contributed by atoms with Gasteiger partial charge in [0.05, 0.1) is 5.56 Å². The third-order valence-electron chi connectivity index (χ3n) is 6.77. The van der Waals surface area contributed by atoms with Gasteiger partial charge in [0.25, 0.3) is 0 Å². The molecular formula is C25H27N7O2. The molecule has 3 aromatic heterocycles. The van der Waals surface area contributed by atoms with Gasteiger partial charge in [0.2, 0.25) is 11.8 Å². The summed E-state index contributed by atoms with van der Waals surface area (Å²) in [5.74, 6) is 1.84. The fraction of sp³-hybridized carbons (Fsp3) is 0.360. The number of pyridine rings is 2. The number of nitrogens with one attached hydrogen (secondary N) is 2. The highest BCUT2D eigenvalue weighted by atomic mass is 16.3. The van der Waals surface area contributed by atoms with Crippen LogP contribution in [0.1, 0.15) is 12.8 Å². The third-order valence-corrected chi connectivity index (χ3v) is 6.77. The van der Waals surface area contributed by atoms with Gasteiger partial charge in [-0.2, -0.15) is 0 Å². The number of hydrogen-bond acceptors (Lipinski definition) is 8. The van der Waals surface area contributed by atoms with E-state index in [4.69, 9.17) is 9.40 Å². The van der Waals surface area contributed by atoms with Crippen LogP contribution in [0.2, 0.25) is 0 Å². The Morgan fingerprint density at radius 3 is 2.68 bits per heavy atom. The summed E-state index contributed by atoms with van der Waals surface area (Å²) in [4.78, 5) is 30.6. The van der Waals surface area contributed by atoms with E-state index in [1.807, 2.05) is 19.2 Å². The van der Waals surface area contributed by atoms with E-state index in [1.54, 1.807) is 12.4 Å². The van der Waals surface area contributed by atoms with Crippen molar-refractivity contribution in [1.82, 2.24) is 19.9 Å². The van der Waals surface area contributed by atoms with Crippen LogP contribution >= 0.6 is 0 Å². The summed E-state index contributed by atoms with van der Waals surface area (Å²) in [6.45, 7) is 2.01. The van der Waals surface area contributed by atoms with E-state index < -0.39 is 0 Å². The molecule has 0 unspecified atom stereocenters. The second-order valence-electron chi connectivity index (χ2n) is 9.34. The SMILES string of the molecule is CNc1ncc(-c2nc3cc(N4CC(N(C)C)C4)ccc3o2)c2cc(NC(=O)C3CC3)ncc12. The Balaban J connectivity index is 1.37. The Hall–Kier alpha value is -3.72. The Morgan fingerprint density at radius 2 is 1.94 bits per heavy atom. The van der Waals surface area contributed by atoms with Gasteiger partial charge in [-0.1, -0.05) is 0 Å². The molecule has 1 aliphatic carbocycles.